The highest BCUT2D eigenvalue weighted by atomic mass is 16.5. The van der Waals surface area contributed by atoms with E-state index < -0.39 is 5.97 Å². The first kappa shape index (κ1) is 15.2. The van der Waals surface area contributed by atoms with Gasteiger partial charge in [0, 0.05) is 5.69 Å². The third-order valence-corrected chi connectivity index (χ3v) is 2.90. The van der Waals surface area contributed by atoms with Crippen molar-refractivity contribution in [2.45, 2.75) is 39.5 Å². The molecule has 4 heteroatoms. The van der Waals surface area contributed by atoms with Gasteiger partial charge in [-0.25, -0.2) is 0 Å². The predicted octanol–water partition coefficient (Wildman–Crippen LogP) is 2.79. The number of ether oxygens (including phenoxy) is 1. The number of nitrogens with one attached hydrogen (secondary N) is 1. The first-order valence-corrected chi connectivity index (χ1v) is 6.22. The lowest BCUT2D eigenvalue weighted by Crippen LogP contribution is -2.18. The molecule has 0 aliphatic heterocycles. The summed E-state index contributed by atoms with van der Waals surface area (Å²) in [6.07, 6.45) is -0.267. The SMILES string of the molecule is COC(=O)CC(=O)Nc1ccc(C(C)(C)C)cc1C. The van der Waals surface area contributed by atoms with E-state index in [0.717, 1.165) is 11.3 Å². The monoisotopic (exact) mass is 263 g/mol. The largest absolute Gasteiger partial charge is 0.469 e. The van der Waals surface area contributed by atoms with Gasteiger partial charge < -0.3 is 10.1 Å². The molecule has 1 amide bonds. The molecule has 1 aromatic rings. The maximum atomic E-state index is 11.6. The molecule has 0 unspecified atom stereocenters. The second kappa shape index (κ2) is 5.87. The highest BCUT2D eigenvalue weighted by Crippen LogP contribution is 2.26. The molecular weight excluding hydrogens is 242 g/mol. The Morgan fingerprint density at radius 3 is 2.37 bits per heavy atom. The Morgan fingerprint density at radius 1 is 1.26 bits per heavy atom. The molecule has 0 aromatic heterocycles. The molecule has 19 heavy (non-hydrogen) atoms. The topological polar surface area (TPSA) is 55.4 Å². The van der Waals surface area contributed by atoms with Crippen LogP contribution in [0.3, 0.4) is 0 Å². The van der Waals surface area contributed by atoms with Crippen molar-refractivity contribution < 1.29 is 14.3 Å². The fourth-order valence-corrected chi connectivity index (χ4v) is 1.67. The zero-order chi connectivity index (χ0) is 14.6. The first-order valence-electron chi connectivity index (χ1n) is 6.22. The van der Waals surface area contributed by atoms with Gasteiger partial charge in [-0.05, 0) is 29.5 Å². The molecular formula is C15H21NO3. The van der Waals surface area contributed by atoms with E-state index >= 15 is 0 Å². The van der Waals surface area contributed by atoms with Crippen molar-refractivity contribution in [3.8, 4) is 0 Å². The Morgan fingerprint density at radius 2 is 1.89 bits per heavy atom. The molecule has 0 aliphatic rings. The van der Waals surface area contributed by atoms with Crippen molar-refractivity contribution in [2.75, 3.05) is 12.4 Å². The predicted molar refractivity (Wildman–Crippen MR) is 75.1 cm³/mol. The second-order valence-electron chi connectivity index (χ2n) is 5.58. The van der Waals surface area contributed by atoms with Gasteiger partial charge in [0.1, 0.15) is 6.42 Å². The van der Waals surface area contributed by atoms with Gasteiger partial charge in [-0.2, -0.15) is 0 Å². The van der Waals surface area contributed by atoms with Gasteiger partial charge in [0.05, 0.1) is 7.11 Å². The normalized spacial score (nSPS) is 11.0. The fourth-order valence-electron chi connectivity index (χ4n) is 1.67. The van der Waals surface area contributed by atoms with Gasteiger partial charge in [-0.3, -0.25) is 9.59 Å². The number of methoxy groups -OCH3 is 1. The van der Waals surface area contributed by atoms with E-state index in [1.807, 2.05) is 25.1 Å². The molecule has 104 valence electrons. The number of hydrogen-bond acceptors (Lipinski definition) is 3. The lowest BCUT2D eigenvalue weighted by Gasteiger charge is -2.20. The van der Waals surface area contributed by atoms with Crippen LogP contribution in [0.15, 0.2) is 18.2 Å². The quantitative estimate of drug-likeness (QED) is 0.674. The molecule has 0 aliphatic carbocycles. The van der Waals surface area contributed by atoms with Crippen LogP contribution in [0, 0.1) is 6.92 Å². The van der Waals surface area contributed by atoms with Crippen molar-refractivity contribution in [1.82, 2.24) is 0 Å². The van der Waals surface area contributed by atoms with Crippen LogP contribution >= 0.6 is 0 Å². The Balaban J connectivity index is 2.81. The number of carbonyl (C=O) groups excluding carboxylic acids is 2. The van der Waals surface area contributed by atoms with Crippen LogP contribution in [0.2, 0.25) is 0 Å². The minimum absolute atomic E-state index is 0.0688. The molecule has 0 heterocycles. The van der Waals surface area contributed by atoms with E-state index in [1.54, 1.807) is 0 Å². The third-order valence-electron chi connectivity index (χ3n) is 2.90. The lowest BCUT2D eigenvalue weighted by molar-refractivity contribution is -0.142. The zero-order valence-electron chi connectivity index (χ0n) is 12.2. The van der Waals surface area contributed by atoms with Crippen LogP contribution in [0.4, 0.5) is 5.69 Å². The molecule has 0 bridgehead atoms. The number of esters is 1. The Kier molecular flexibility index (Phi) is 4.70. The summed E-state index contributed by atoms with van der Waals surface area (Å²) in [5.41, 5.74) is 2.97. The van der Waals surface area contributed by atoms with E-state index in [4.69, 9.17) is 0 Å². The number of hydrogen-bond donors (Lipinski definition) is 1. The lowest BCUT2D eigenvalue weighted by atomic mass is 9.86. The standard InChI is InChI=1S/C15H21NO3/c1-10-8-11(15(2,3)4)6-7-12(10)16-13(17)9-14(18)19-5/h6-8H,9H2,1-5H3,(H,16,17). The van der Waals surface area contributed by atoms with Gasteiger partial charge in [-0.1, -0.05) is 32.9 Å². The summed E-state index contributed by atoms with van der Waals surface area (Å²) in [6.45, 7) is 8.34. The molecule has 0 saturated heterocycles. The van der Waals surface area contributed by atoms with Gasteiger partial charge >= 0.3 is 5.97 Å². The molecule has 0 fully saturated rings. The summed E-state index contributed by atoms with van der Waals surface area (Å²) in [7, 11) is 1.26. The van der Waals surface area contributed by atoms with Crippen molar-refractivity contribution in [1.29, 1.82) is 0 Å². The molecule has 0 saturated carbocycles. The van der Waals surface area contributed by atoms with Crippen molar-refractivity contribution in [3.63, 3.8) is 0 Å². The summed E-state index contributed by atoms with van der Waals surface area (Å²) in [5.74, 6) is -0.903. The molecule has 0 radical (unpaired) electrons. The second-order valence-corrected chi connectivity index (χ2v) is 5.58. The maximum absolute atomic E-state index is 11.6. The highest BCUT2D eigenvalue weighted by Gasteiger charge is 2.15. The van der Waals surface area contributed by atoms with Gasteiger partial charge in [0.2, 0.25) is 5.91 Å². The Labute approximate surface area is 114 Å². The summed E-state index contributed by atoms with van der Waals surface area (Å²) >= 11 is 0. The van der Waals surface area contributed by atoms with Gasteiger partial charge in [0.25, 0.3) is 0 Å². The van der Waals surface area contributed by atoms with Crippen LogP contribution in [-0.4, -0.2) is 19.0 Å². The zero-order valence-corrected chi connectivity index (χ0v) is 12.2. The number of benzene rings is 1. The summed E-state index contributed by atoms with van der Waals surface area (Å²) in [4.78, 5) is 22.6. The van der Waals surface area contributed by atoms with E-state index in [1.165, 1.54) is 12.7 Å². The minimum atomic E-state index is -0.540. The summed E-state index contributed by atoms with van der Waals surface area (Å²) in [6, 6.07) is 5.90. The molecule has 1 N–H and O–H groups in total. The molecule has 1 aromatic carbocycles. The highest BCUT2D eigenvalue weighted by molar-refractivity contribution is 6.02. The molecule has 4 nitrogen and oxygen atoms in total. The van der Waals surface area contributed by atoms with E-state index in [9.17, 15) is 9.59 Å². The summed E-state index contributed by atoms with van der Waals surface area (Å²) in [5, 5.41) is 2.71. The van der Waals surface area contributed by atoms with E-state index in [-0.39, 0.29) is 17.7 Å². The van der Waals surface area contributed by atoms with Crippen molar-refractivity contribution >= 4 is 17.6 Å². The van der Waals surface area contributed by atoms with Gasteiger partial charge in [0.15, 0.2) is 0 Å². The smallest absolute Gasteiger partial charge is 0.315 e. The first-order chi connectivity index (χ1) is 8.74. The Hall–Kier alpha value is -1.84. The van der Waals surface area contributed by atoms with E-state index in [0.29, 0.717) is 0 Å². The fraction of sp³-hybridized carbons (Fsp3) is 0.467. The number of aryl methyl sites for hydroxylation is 1. The van der Waals surface area contributed by atoms with Gasteiger partial charge in [-0.15, -0.1) is 0 Å². The molecule has 0 atom stereocenters. The number of rotatable bonds is 3. The van der Waals surface area contributed by atoms with Crippen molar-refractivity contribution in [2.24, 2.45) is 0 Å². The van der Waals surface area contributed by atoms with Crippen LogP contribution in [0.25, 0.3) is 0 Å². The summed E-state index contributed by atoms with van der Waals surface area (Å²) < 4.78 is 4.45. The number of amides is 1. The van der Waals surface area contributed by atoms with Crippen LogP contribution in [0.5, 0.6) is 0 Å². The number of anilines is 1. The number of carbonyl (C=O) groups is 2. The molecule has 1 rings (SSSR count). The average Bonchev–Trinajstić information content (AvgIpc) is 2.30. The van der Waals surface area contributed by atoms with Crippen LogP contribution in [0.1, 0.15) is 38.3 Å². The third kappa shape index (κ3) is 4.39. The van der Waals surface area contributed by atoms with E-state index in [2.05, 4.69) is 30.8 Å². The maximum Gasteiger partial charge on any atom is 0.315 e. The Bertz CT molecular complexity index is 487. The van der Waals surface area contributed by atoms with Crippen LogP contribution < -0.4 is 5.32 Å². The molecule has 0 spiro atoms. The minimum Gasteiger partial charge on any atom is -0.469 e. The average molecular weight is 263 g/mol. The van der Waals surface area contributed by atoms with Crippen LogP contribution in [-0.2, 0) is 19.7 Å². The van der Waals surface area contributed by atoms with Crippen molar-refractivity contribution in [3.05, 3.63) is 29.3 Å².